The average Bonchev–Trinajstić information content (AvgIpc) is 3.35. The molecule has 3 aromatic carbocycles. The van der Waals surface area contributed by atoms with Gasteiger partial charge in [0.05, 0.1) is 17.0 Å². The molecule has 32 heavy (non-hydrogen) atoms. The Morgan fingerprint density at radius 3 is 2.59 bits per heavy atom. The van der Waals surface area contributed by atoms with Crippen LogP contribution in [0.1, 0.15) is 16.7 Å². The van der Waals surface area contributed by atoms with E-state index in [0.29, 0.717) is 34.0 Å². The van der Waals surface area contributed by atoms with Crippen molar-refractivity contribution >= 4 is 28.6 Å². The zero-order valence-corrected chi connectivity index (χ0v) is 17.7. The number of benzene rings is 3. The van der Waals surface area contributed by atoms with Gasteiger partial charge in [-0.1, -0.05) is 12.1 Å². The van der Waals surface area contributed by atoms with Crippen LogP contribution in [-0.2, 0) is 11.3 Å². The number of nitrogens with one attached hydrogen (secondary N) is 2. The molecule has 0 aliphatic carbocycles. The molecular weight excluding hydrogens is 409 g/mol. The van der Waals surface area contributed by atoms with Gasteiger partial charge in [-0.25, -0.2) is 4.39 Å². The number of carbonyl (C=O) groups is 1. The number of fused-ring (bicyclic) bond motifs is 2. The minimum absolute atomic E-state index is 0.161. The maximum Gasteiger partial charge on any atom is 0.258 e. The summed E-state index contributed by atoms with van der Waals surface area (Å²) in [5.41, 5.74) is 4.90. The van der Waals surface area contributed by atoms with E-state index < -0.39 is 5.82 Å². The first-order chi connectivity index (χ1) is 15.5. The molecule has 7 heteroatoms. The highest BCUT2D eigenvalue weighted by molar-refractivity contribution is 6.37. The van der Waals surface area contributed by atoms with Crippen molar-refractivity contribution in [3.63, 3.8) is 0 Å². The van der Waals surface area contributed by atoms with Crippen LogP contribution in [0.3, 0.4) is 0 Å². The van der Waals surface area contributed by atoms with E-state index in [9.17, 15) is 9.18 Å². The summed E-state index contributed by atoms with van der Waals surface area (Å²) in [6.07, 6.45) is 0. The number of nitrogens with zero attached hydrogens (tertiary/aromatic N) is 1. The number of anilines is 2. The lowest BCUT2D eigenvalue weighted by Crippen LogP contribution is -2.11. The molecular formula is C25H22FN3O3. The molecule has 0 bridgehead atoms. The second-order valence-electron chi connectivity index (χ2n) is 8.02. The van der Waals surface area contributed by atoms with Gasteiger partial charge in [0.25, 0.3) is 5.91 Å². The average molecular weight is 431 g/mol. The van der Waals surface area contributed by atoms with Crippen molar-refractivity contribution in [1.29, 1.82) is 0 Å². The number of hydrogen-bond donors (Lipinski definition) is 2. The van der Waals surface area contributed by atoms with Crippen LogP contribution in [0, 0.1) is 5.82 Å². The molecule has 3 aromatic rings. The molecule has 0 aromatic heterocycles. The Hall–Kier alpha value is -3.84. The molecule has 2 aliphatic rings. The summed E-state index contributed by atoms with van der Waals surface area (Å²) in [6.45, 7) is 0.992. The largest absolute Gasteiger partial charge is 0.454 e. The van der Waals surface area contributed by atoms with Crippen LogP contribution in [0.4, 0.5) is 15.8 Å². The normalized spacial score (nSPS) is 15.6. The molecule has 2 N–H and O–H groups in total. The van der Waals surface area contributed by atoms with E-state index in [2.05, 4.69) is 15.5 Å². The van der Waals surface area contributed by atoms with E-state index in [-0.39, 0.29) is 12.7 Å². The molecule has 0 fully saturated rings. The lowest BCUT2D eigenvalue weighted by Gasteiger charge is -2.16. The second kappa shape index (κ2) is 8.01. The molecule has 6 nitrogen and oxygen atoms in total. The predicted octanol–water partition coefficient (Wildman–Crippen LogP) is 4.55. The highest BCUT2D eigenvalue weighted by Crippen LogP contribution is 2.40. The Balaban J connectivity index is 1.61. The van der Waals surface area contributed by atoms with Crippen LogP contribution in [0.2, 0.25) is 0 Å². The molecule has 0 atom stereocenters. The van der Waals surface area contributed by atoms with Crippen LogP contribution in [-0.4, -0.2) is 31.7 Å². The topological polar surface area (TPSA) is 62.8 Å². The van der Waals surface area contributed by atoms with Gasteiger partial charge in [-0.05, 0) is 68.2 Å². The Morgan fingerprint density at radius 1 is 1.03 bits per heavy atom. The Bertz CT molecular complexity index is 1240. The third kappa shape index (κ3) is 3.78. The third-order valence-corrected chi connectivity index (χ3v) is 5.36. The first-order valence-corrected chi connectivity index (χ1v) is 10.2. The third-order valence-electron chi connectivity index (χ3n) is 5.36. The van der Waals surface area contributed by atoms with Crippen LogP contribution < -0.4 is 20.1 Å². The fourth-order valence-electron chi connectivity index (χ4n) is 3.93. The summed E-state index contributed by atoms with van der Waals surface area (Å²) in [6, 6.07) is 17.9. The van der Waals surface area contributed by atoms with Gasteiger partial charge >= 0.3 is 0 Å². The molecule has 0 radical (unpaired) electrons. The molecule has 162 valence electrons. The predicted molar refractivity (Wildman–Crippen MR) is 122 cm³/mol. The van der Waals surface area contributed by atoms with Gasteiger partial charge in [-0.3, -0.25) is 4.79 Å². The summed E-state index contributed by atoms with van der Waals surface area (Å²) in [5.74, 6) is 0.570. The zero-order chi connectivity index (χ0) is 22.2. The quantitative estimate of drug-likeness (QED) is 0.581. The number of carbonyl (C=O) groups excluding carboxylic acids is 1. The van der Waals surface area contributed by atoms with Gasteiger partial charge in [0, 0.05) is 23.4 Å². The molecule has 0 unspecified atom stereocenters. The number of ether oxygens (including phenoxy) is 2. The summed E-state index contributed by atoms with van der Waals surface area (Å²) >= 11 is 0. The van der Waals surface area contributed by atoms with Crippen LogP contribution in [0.25, 0.3) is 11.3 Å². The lowest BCUT2D eigenvalue weighted by molar-refractivity contribution is -0.110. The van der Waals surface area contributed by atoms with Gasteiger partial charge in [0.1, 0.15) is 5.82 Å². The number of halogens is 1. The minimum Gasteiger partial charge on any atom is -0.454 e. The van der Waals surface area contributed by atoms with E-state index in [1.54, 1.807) is 6.07 Å². The van der Waals surface area contributed by atoms with Gasteiger partial charge < -0.3 is 25.0 Å². The summed E-state index contributed by atoms with van der Waals surface area (Å²) in [7, 11) is 4.04. The number of hydrogen-bond acceptors (Lipinski definition) is 5. The van der Waals surface area contributed by atoms with Crippen molar-refractivity contribution in [2.75, 3.05) is 31.5 Å². The summed E-state index contributed by atoms with van der Waals surface area (Å²) < 4.78 is 24.7. The molecule has 5 rings (SSSR count). The zero-order valence-electron chi connectivity index (χ0n) is 17.7. The number of rotatable bonds is 5. The number of amides is 1. The fraction of sp³-hybridized carbons (Fsp3) is 0.160. The standard InChI is InChI=1S/C25H22FN3O3/c1-29(2)13-15-3-7-18(8-4-15)27-24(16-5-10-21-22(11-16)32-14-31-21)23-19-9-6-17(26)12-20(19)28-25(23)30/h3-12,27H,13-14H2,1-2H3,(H,28,30)/b24-23-. The monoisotopic (exact) mass is 431 g/mol. The van der Waals surface area contributed by atoms with E-state index in [0.717, 1.165) is 17.8 Å². The second-order valence-corrected chi connectivity index (χ2v) is 8.02. The van der Waals surface area contributed by atoms with Crippen LogP contribution in [0.5, 0.6) is 11.5 Å². The van der Waals surface area contributed by atoms with Crippen molar-refractivity contribution in [3.8, 4) is 11.5 Å². The van der Waals surface area contributed by atoms with Gasteiger partial charge in [-0.15, -0.1) is 0 Å². The van der Waals surface area contributed by atoms with E-state index in [1.807, 2.05) is 56.6 Å². The Labute approximate surface area is 185 Å². The molecule has 0 spiro atoms. The Morgan fingerprint density at radius 2 is 1.81 bits per heavy atom. The van der Waals surface area contributed by atoms with Crippen molar-refractivity contribution < 1.29 is 18.7 Å². The van der Waals surface area contributed by atoms with Gasteiger partial charge in [0.2, 0.25) is 6.79 Å². The summed E-state index contributed by atoms with van der Waals surface area (Å²) in [5, 5.41) is 6.18. The fourth-order valence-corrected chi connectivity index (χ4v) is 3.93. The van der Waals surface area contributed by atoms with Gasteiger partial charge in [-0.2, -0.15) is 0 Å². The van der Waals surface area contributed by atoms with Gasteiger partial charge in [0.15, 0.2) is 11.5 Å². The SMILES string of the molecule is CN(C)Cc1ccc(N/C(=C2\C(=O)Nc3cc(F)ccc32)c2ccc3c(c2)OCO3)cc1. The van der Waals surface area contributed by atoms with Crippen LogP contribution in [0.15, 0.2) is 60.7 Å². The van der Waals surface area contributed by atoms with Crippen molar-refractivity contribution in [2.24, 2.45) is 0 Å². The maximum absolute atomic E-state index is 13.7. The van der Waals surface area contributed by atoms with Crippen LogP contribution >= 0.6 is 0 Å². The first-order valence-electron chi connectivity index (χ1n) is 10.2. The van der Waals surface area contributed by atoms with Crippen molar-refractivity contribution in [2.45, 2.75) is 6.54 Å². The van der Waals surface area contributed by atoms with E-state index in [4.69, 9.17) is 9.47 Å². The highest BCUT2D eigenvalue weighted by Gasteiger charge is 2.29. The Kier molecular flexibility index (Phi) is 5.03. The van der Waals surface area contributed by atoms with Crippen molar-refractivity contribution in [3.05, 3.63) is 83.2 Å². The summed E-state index contributed by atoms with van der Waals surface area (Å²) in [4.78, 5) is 15.1. The minimum atomic E-state index is -0.403. The molecule has 0 saturated heterocycles. The molecule has 1 amide bonds. The van der Waals surface area contributed by atoms with E-state index in [1.165, 1.54) is 17.7 Å². The highest BCUT2D eigenvalue weighted by atomic mass is 19.1. The van der Waals surface area contributed by atoms with E-state index >= 15 is 0 Å². The molecule has 0 saturated carbocycles. The first kappa shape index (κ1) is 20.1. The molecule has 2 aliphatic heterocycles. The molecule has 2 heterocycles. The smallest absolute Gasteiger partial charge is 0.258 e. The lowest BCUT2D eigenvalue weighted by atomic mass is 9.99. The maximum atomic E-state index is 13.7. The van der Waals surface area contributed by atoms with Crippen molar-refractivity contribution in [1.82, 2.24) is 4.90 Å².